The van der Waals surface area contributed by atoms with Crippen LogP contribution in [0.15, 0.2) is 51.8 Å². The molecule has 1 saturated heterocycles. The Morgan fingerprint density at radius 2 is 1.93 bits per heavy atom. The molecule has 0 radical (unpaired) electrons. The molecule has 2 amide bonds. The van der Waals surface area contributed by atoms with E-state index in [1.54, 1.807) is 30.3 Å². The van der Waals surface area contributed by atoms with Crippen LogP contribution in [0.3, 0.4) is 0 Å². The van der Waals surface area contributed by atoms with Gasteiger partial charge in [0.2, 0.25) is 0 Å². The summed E-state index contributed by atoms with van der Waals surface area (Å²) in [6.45, 7) is 2.91. The Labute approximate surface area is 175 Å². The third-order valence-corrected chi connectivity index (χ3v) is 5.62. The molecule has 0 atom stereocenters. The summed E-state index contributed by atoms with van der Waals surface area (Å²) in [6, 6.07) is 12.7. The SMILES string of the molecule is CCCOc1ccc(/C=C2\SC(=O)N(Cc3ccc(Cl)cc3)C2=O)cc1Br. The highest BCUT2D eigenvalue weighted by molar-refractivity contribution is 9.10. The molecular formula is C20H17BrClNO3S. The third kappa shape index (κ3) is 4.94. The van der Waals surface area contributed by atoms with Gasteiger partial charge in [0.1, 0.15) is 5.75 Å². The topological polar surface area (TPSA) is 46.6 Å². The molecule has 1 aliphatic rings. The minimum atomic E-state index is -0.289. The van der Waals surface area contributed by atoms with E-state index in [1.807, 2.05) is 25.1 Å². The van der Waals surface area contributed by atoms with Gasteiger partial charge in [-0.25, -0.2) is 0 Å². The fourth-order valence-electron chi connectivity index (χ4n) is 2.50. The van der Waals surface area contributed by atoms with E-state index < -0.39 is 0 Å². The maximum atomic E-state index is 12.6. The molecule has 0 spiro atoms. The molecule has 0 N–H and O–H groups in total. The minimum absolute atomic E-state index is 0.229. The highest BCUT2D eigenvalue weighted by Gasteiger charge is 2.34. The number of carbonyl (C=O) groups excluding carboxylic acids is 2. The van der Waals surface area contributed by atoms with Gasteiger partial charge in [-0.05, 0) is 75.6 Å². The molecule has 0 aliphatic carbocycles. The fourth-order valence-corrected chi connectivity index (χ4v) is 3.97. The fraction of sp³-hybridized carbons (Fsp3) is 0.200. The number of halogens is 2. The monoisotopic (exact) mass is 465 g/mol. The van der Waals surface area contributed by atoms with Crippen molar-refractivity contribution in [3.8, 4) is 5.75 Å². The van der Waals surface area contributed by atoms with Crippen molar-refractivity contribution < 1.29 is 14.3 Å². The van der Waals surface area contributed by atoms with Crippen molar-refractivity contribution in [1.82, 2.24) is 4.90 Å². The molecule has 1 fully saturated rings. The smallest absolute Gasteiger partial charge is 0.293 e. The Morgan fingerprint density at radius 1 is 1.19 bits per heavy atom. The van der Waals surface area contributed by atoms with Crippen LogP contribution in [-0.4, -0.2) is 22.7 Å². The largest absolute Gasteiger partial charge is 0.492 e. The van der Waals surface area contributed by atoms with E-state index in [1.165, 1.54) is 4.90 Å². The number of nitrogens with zero attached hydrogens (tertiary/aromatic N) is 1. The molecule has 0 saturated carbocycles. The first-order valence-corrected chi connectivity index (χ1v) is 10.4. The van der Waals surface area contributed by atoms with Gasteiger partial charge in [-0.1, -0.05) is 36.7 Å². The third-order valence-electron chi connectivity index (χ3n) is 3.84. The van der Waals surface area contributed by atoms with Crippen molar-refractivity contribution in [2.24, 2.45) is 0 Å². The zero-order valence-corrected chi connectivity index (χ0v) is 17.7. The minimum Gasteiger partial charge on any atom is -0.492 e. The van der Waals surface area contributed by atoms with Crippen molar-refractivity contribution in [2.45, 2.75) is 19.9 Å². The summed E-state index contributed by atoms with van der Waals surface area (Å²) in [5.74, 6) is 0.465. The number of imide groups is 1. The Kier molecular flexibility index (Phi) is 6.63. The van der Waals surface area contributed by atoms with Gasteiger partial charge in [0.05, 0.1) is 22.5 Å². The highest BCUT2D eigenvalue weighted by atomic mass is 79.9. The van der Waals surface area contributed by atoms with Crippen LogP contribution in [0.25, 0.3) is 6.08 Å². The molecule has 2 aromatic carbocycles. The van der Waals surface area contributed by atoms with Crippen molar-refractivity contribution >= 4 is 56.5 Å². The Morgan fingerprint density at radius 3 is 2.59 bits per heavy atom. The predicted octanol–water partition coefficient (Wildman–Crippen LogP) is 6.13. The molecule has 1 aliphatic heterocycles. The van der Waals surface area contributed by atoms with E-state index in [9.17, 15) is 9.59 Å². The quantitative estimate of drug-likeness (QED) is 0.481. The average molecular weight is 467 g/mol. The molecule has 7 heteroatoms. The van der Waals surface area contributed by atoms with Gasteiger partial charge in [0.15, 0.2) is 0 Å². The summed E-state index contributed by atoms with van der Waals surface area (Å²) < 4.78 is 6.44. The van der Waals surface area contributed by atoms with Crippen LogP contribution in [0.1, 0.15) is 24.5 Å². The highest BCUT2D eigenvalue weighted by Crippen LogP contribution is 2.34. The van der Waals surface area contributed by atoms with Gasteiger partial charge in [-0.15, -0.1) is 0 Å². The van der Waals surface area contributed by atoms with E-state index in [0.717, 1.165) is 39.5 Å². The molecule has 140 valence electrons. The van der Waals surface area contributed by atoms with Crippen LogP contribution in [0.5, 0.6) is 5.75 Å². The van der Waals surface area contributed by atoms with Gasteiger partial charge < -0.3 is 4.74 Å². The van der Waals surface area contributed by atoms with E-state index >= 15 is 0 Å². The summed E-state index contributed by atoms with van der Waals surface area (Å²) >= 11 is 10.3. The standard InChI is InChI=1S/C20H17BrClNO3S/c1-2-9-26-17-8-5-14(10-16(17)21)11-18-19(24)23(20(25)27-18)12-13-3-6-15(22)7-4-13/h3-8,10-11H,2,9,12H2,1H3/b18-11-. The van der Waals surface area contributed by atoms with Crippen LogP contribution in [0, 0.1) is 0 Å². The molecule has 1 heterocycles. The van der Waals surface area contributed by atoms with Crippen molar-refractivity contribution in [2.75, 3.05) is 6.61 Å². The molecule has 0 aromatic heterocycles. The Bertz CT molecular complexity index is 899. The van der Waals surface area contributed by atoms with Gasteiger partial charge in [0.25, 0.3) is 11.1 Å². The first-order valence-electron chi connectivity index (χ1n) is 8.40. The Balaban J connectivity index is 1.75. The molecule has 27 heavy (non-hydrogen) atoms. The number of hydrogen-bond donors (Lipinski definition) is 0. The maximum Gasteiger partial charge on any atom is 0.293 e. The summed E-state index contributed by atoms with van der Waals surface area (Å²) in [7, 11) is 0. The summed E-state index contributed by atoms with van der Waals surface area (Å²) in [6.07, 6.45) is 2.65. The van der Waals surface area contributed by atoms with Crippen LogP contribution in [0.4, 0.5) is 4.79 Å². The molecule has 0 unspecified atom stereocenters. The average Bonchev–Trinajstić information content (AvgIpc) is 2.90. The van der Waals surface area contributed by atoms with Gasteiger partial charge in [0, 0.05) is 5.02 Å². The number of ether oxygens (including phenoxy) is 1. The van der Waals surface area contributed by atoms with Gasteiger partial charge >= 0.3 is 0 Å². The zero-order valence-electron chi connectivity index (χ0n) is 14.6. The van der Waals surface area contributed by atoms with Crippen molar-refractivity contribution in [1.29, 1.82) is 0 Å². The summed E-state index contributed by atoms with van der Waals surface area (Å²) in [5, 5.41) is 0.341. The van der Waals surface area contributed by atoms with Crippen LogP contribution >= 0.6 is 39.3 Å². The van der Waals surface area contributed by atoms with E-state index in [4.69, 9.17) is 16.3 Å². The van der Waals surface area contributed by atoms with E-state index in [2.05, 4.69) is 15.9 Å². The van der Waals surface area contributed by atoms with Gasteiger partial charge in [-0.2, -0.15) is 0 Å². The lowest BCUT2D eigenvalue weighted by molar-refractivity contribution is -0.123. The van der Waals surface area contributed by atoms with Crippen molar-refractivity contribution in [3.05, 3.63) is 68.0 Å². The second-order valence-corrected chi connectivity index (χ2v) is 8.22. The molecular weight excluding hydrogens is 450 g/mol. The Hall–Kier alpha value is -1.76. The molecule has 3 rings (SSSR count). The lowest BCUT2D eigenvalue weighted by Crippen LogP contribution is -2.27. The van der Waals surface area contributed by atoms with Crippen LogP contribution < -0.4 is 4.74 Å². The molecule has 0 bridgehead atoms. The number of carbonyl (C=O) groups is 2. The number of thioether (sulfide) groups is 1. The lowest BCUT2D eigenvalue weighted by atomic mass is 10.2. The summed E-state index contributed by atoms with van der Waals surface area (Å²) in [5.41, 5.74) is 1.67. The zero-order chi connectivity index (χ0) is 19.4. The number of hydrogen-bond acceptors (Lipinski definition) is 4. The van der Waals surface area contributed by atoms with Crippen molar-refractivity contribution in [3.63, 3.8) is 0 Å². The van der Waals surface area contributed by atoms with E-state index in [-0.39, 0.29) is 17.7 Å². The molecule has 4 nitrogen and oxygen atoms in total. The predicted molar refractivity (Wildman–Crippen MR) is 113 cm³/mol. The number of benzene rings is 2. The van der Waals surface area contributed by atoms with Crippen LogP contribution in [-0.2, 0) is 11.3 Å². The molecule has 2 aromatic rings. The maximum absolute atomic E-state index is 12.6. The first kappa shape index (κ1) is 20.0. The second-order valence-electron chi connectivity index (χ2n) is 5.93. The summed E-state index contributed by atoms with van der Waals surface area (Å²) in [4.78, 5) is 26.6. The normalized spacial score (nSPS) is 15.7. The van der Waals surface area contributed by atoms with E-state index in [0.29, 0.717) is 16.5 Å². The number of rotatable bonds is 6. The van der Waals surface area contributed by atoms with Gasteiger partial charge in [-0.3, -0.25) is 14.5 Å². The second kappa shape index (κ2) is 8.95. The number of amides is 2. The lowest BCUT2D eigenvalue weighted by Gasteiger charge is -2.12. The van der Waals surface area contributed by atoms with Crippen LogP contribution in [0.2, 0.25) is 5.02 Å². The first-order chi connectivity index (χ1) is 13.0.